The Labute approximate surface area is 121 Å². The van der Waals surface area contributed by atoms with Gasteiger partial charge < -0.3 is 15.1 Å². The normalized spacial score (nSPS) is 25.5. The topological polar surface area (TPSA) is 52.7 Å². The zero-order chi connectivity index (χ0) is 14.5. The molecule has 20 heavy (non-hydrogen) atoms. The summed E-state index contributed by atoms with van der Waals surface area (Å²) in [6, 6.07) is 0. The molecule has 0 radical (unpaired) electrons. The summed E-state index contributed by atoms with van der Waals surface area (Å²) >= 11 is 0. The molecule has 0 aromatic carbocycles. The molecule has 1 unspecified atom stereocenters. The lowest BCUT2D eigenvalue weighted by atomic mass is 9.91. The zero-order valence-electron chi connectivity index (χ0n) is 12.7. The molecule has 0 saturated carbocycles. The molecule has 2 fully saturated rings. The Morgan fingerprint density at radius 2 is 1.85 bits per heavy atom. The molecule has 2 aliphatic heterocycles. The Morgan fingerprint density at radius 3 is 2.45 bits per heavy atom. The quantitative estimate of drug-likeness (QED) is 0.828. The molecule has 0 bridgehead atoms. The fraction of sp³-hybridized carbons (Fsp3) is 0.867. The number of amides is 2. The molecule has 2 aliphatic rings. The average Bonchev–Trinajstić information content (AvgIpc) is 2.47. The van der Waals surface area contributed by atoms with Gasteiger partial charge in [-0.05, 0) is 45.2 Å². The van der Waals surface area contributed by atoms with Crippen LogP contribution in [-0.4, -0.2) is 61.9 Å². The number of likely N-dealkylation sites (tertiary alicyclic amines) is 2. The van der Waals surface area contributed by atoms with Gasteiger partial charge in [0.25, 0.3) is 0 Å². The van der Waals surface area contributed by atoms with E-state index in [1.807, 2.05) is 4.90 Å². The minimum absolute atomic E-state index is 0.115. The van der Waals surface area contributed by atoms with Gasteiger partial charge in [-0.3, -0.25) is 9.59 Å². The summed E-state index contributed by atoms with van der Waals surface area (Å²) in [5.74, 6) is 1.07. The lowest BCUT2D eigenvalue weighted by Crippen LogP contribution is -2.46. The monoisotopic (exact) mass is 281 g/mol. The van der Waals surface area contributed by atoms with Crippen molar-refractivity contribution >= 4 is 11.8 Å². The number of nitrogens with zero attached hydrogens (tertiary/aromatic N) is 2. The molecule has 2 rings (SSSR count). The van der Waals surface area contributed by atoms with Crippen molar-refractivity contribution in [2.75, 3.05) is 40.3 Å². The Kier molecular flexibility index (Phi) is 5.40. The Bertz CT molecular complexity index is 351. The Hall–Kier alpha value is -1.10. The van der Waals surface area contributed by atoms with Crippen LogP contribution in [0.1, 0.15) is 32.1 Å². The number of hydrogen-bond acceptors (Lipinski definition) is 3. The van der Waals surface area contributed by atoms with Gasteiger partial charge in [0.2, 0.25) is 11.8 Å². The van der Waals surface area contributed by atoms with Gasteiger partial charge in [-0.1, -0.05) is 0 Å². The zero-order valence-corrected chi connectivity index (χ0v) is 12.7. The van der Waals surface area contributed by atoms with Crippen LogP contribution in [0, 0.1) is 11.8 Å². The van der Waals surface area contributed by atoms with Gasteiger partial charge in [-0.15, -0.1) is 0 Å². The van der Waals surface area contributed by atoms with E-state index in [0.29, 0.717) is 18.2 Å². The third-order valence-corrected chi connectivity index (χ3v) is 4.65. The first-order valence-electron chi connectivity index (χ1n) is 7.78. The highest BCUT2D eigenvalue weighted by atomic mass is 16.2. The fourth-order valence-electron chi connectivity index (χ4n) is 3.35. The largest absolute Gasteiger partial charge is 0.359 e. The molecule has 2 heterocycles. The fourth-order valence-corrected chi connectivity index (χ4v) is 3.35. The number of carbonyl (C=O) groups is 2. The highest BCUT2D eigenvalue weighted by Crippen LogP contribution is 2.24. The molecule has 1 N–H and O–H groups in total. The molecule has 5 heteroatoms. The van der Waals surface area contributed by atoms with Crippen LogP contribution in [0.4, 0.5) is 0 Å². The summed E-state index contributed by atoms with van der Waals surface area (Å²) in [7, 11) is 3.77. The predicted octanol–water partition coefficient (Wildman–Crippen LogP) is 0.703. The molecular formula is C15H27N3O2. The third kappa shape index (κ3) is 3.95. The highest BCUT2D eigenvalue weighted by molar-refractivity contribution is 5.79. The molecule has 0 aromatic rings. The maximum absolute atomic E-state index is 12.5. The SMILES string of the molecule is CNC(=O)CC1CCN(C(=O)C2CCCN(C)C2)CC1. The van der Waals surface area contributed by atoms with Crippen LogP contribution >= 0.6 is 0 Å². The summed E-state index contributed by atoms with van der Waals surface area (Å²) in [6.07, 6.45) is 4.68. The van der Waals surface area contributed by atoms with Gasteiger partial charge in [-0.2, -0.15) is 0 Å². The summed E-state index contributed by atoms with van der Waals surface area (Å²) in [4.78, 5) is 28.2. The number of hydrogen-bond donors (Lipinski definition) is 1. The number of carbonyl (C=O) groups excluding carboxylic acids is 2. The first-order chi connectivity index (χ1) is 9.60. The first-order valence-corrected chi connectivity index (χ1v) is 7.78. The third-order valence-electron chi connectivity index (χ3n) is 4.65. The minimum Gasteiger partial charge on any atom is -0.359 e. The second-order valence-corrected chi connectivity index (χ2v) is 6.25. The molecular weight excluding hydrogens is 254 g/mol. The molecule has 1 atom stereocenters. The van der Waals surface area contributed by atoms with Crippen molar-refractivity contribution in [3.8, 4) is 0 Å². The standard InChI is InChI=1S/C15H27N3O2/c1-16-14(19)10-12-5-8-18(9-6-12)15(20)13-4-3-7-17(2)11-13/h12-13H,3-11H2,1-2H3,(H,16,19). The molecule has 0 aliphatic carbocycles. The van der Waals surface area contributed by atoms with Crippen molar-refractivity contribution in [2.24, 2.45) is 11.8 Å². The van der Waals surface area contributed by atoms with Crippen LogP contribution in [0.15, 0.2) is 0 Å². The van der Waals surface area contributed by atoms with Crippen LogP contribution in [-0.2, 0) is 9.59 Å². The van der Waals surface area contributed by atoms with E-state index >= 15 is 0 Å². The maximum Gasteiger partial charge on any atom is 0.226 e. The van der Waals surface area contributed by atoms with Crippen molar-refractivity contribution in [3.05, 3.63) is 0 Å². The van der Waals surface area contributed by atoms with Gasteiger partial charge >= 0.3 is 0 Å². The van der Waals surface area contributed by atoms with E-state index in [0.717, 1.165) is 51.9 Å². The van der Waals surface area contributed by atoms with Crippen molar-refractivity contribution < 1.29 is 9.59 Å². The summed E-state index contributed by atoms with van der Waals surface area (Å²) in [6.45, 7) is 3.65. The van der Waals surface area contributed by atoms with Crippen molar-refractivity contribution in [1.82, 2.24) is 15.1 Å². The molecule has 114 valence electrons. The average molecular weight is 281 g/mol. The van der Waals surface area contributed by atoms with Crippen LogP contribution < -0.4 is 5.32 Å². The van der Waals surface area contributed by atoms with Gasteiger partial charge in [0, 0.05) is 33.1 Å². The predicted molar refractivity (Wildman–Crippen MR) is 78.2 cm³/mol. The second kappa shape index (κ2) is 7.07. The van der Waals surface area contributed by atoms with E-state index in [1.165, 1.54) is 0 Å². The van der Waals surface area contributed by atoms with Crippen LogP contribution in [0.25, 0.3) is 0 Å². The van der Waals surface area contributed by atoms with Crippen LogP contribution in [0.2, 0.25) is 0 Å². The number of piperidine rings is 2. The Balaban J connectivity index is 1.78. The molecule has 2 amide bonds. The van der Waals surface area contributed by atoms with Gasteiger partial charge in [0.1, 0.15) is 0 Å². The minimum atomic E-state index is 0.115. The van der Waals surface area contributed by atoms with Crippen molar-refractivity contribution in [3.63, 3.8) is 0 Å². The van der Waals surface area contributed by atoms with Crippen molar-refractivity contribution in [2.45, 2.75) is 32.1 Å². The summed E-state index contributed by atoms with van der Waals surface area (Å²) in [5, 5.41) is 2.68. The highest BCUT2D eigenvalue weighted by Gasteiger charge is 2.30. The Morgan fingerprint density at radius 1 is 1.15 bits per heavy atom. The van der Waals surface area contributed by atoms with E-state index in [9.17, 15) is 9.59 Å². The second-order valence-electron chi connectivity index (χ2n) is 6.25. The van der Waals surface area contributed by atoms with E-state index < -0.39 is 0 Å². The maximum atomic E-state index is 12.5. The molecule has 0 spiro atoms. The van der Waals surface area contributed by atoms with Gasteiger partial charge in [0.15, 0.2) is 0 Å². The van der Waals surface area contributed by atoms with Crippen LogP contribution in [0.3, 0.4) is 0 Å². The van der Waals surface area contributed by atoms with E-state index in [-0.39, 0.29) is 11.8 Å². The van der Waals surface area contributed by atoms with E-state index in [2.05, 4.69) is 17.3 Å². The lowest BCUT2D eigenvalue weighted by Gasteiger charge is -2.36. The van der Waals surface area contributed by atoms with E-state index in [4.69, 9.17) is 0 Å². The molecule has 5 nitrogen and oxygen atoms in total. The van der Waals surface area contributed by atoms with Crippen molar-refractivity contribution in [1.29, 1.82) is 0 Å². The van der Waals surface area contributed by atoms with Gasteiger partial charge in [-0.25, -0.2) is 0 Å². The number of rotatable bonds is 3. The molecule has 0 aromatic heterocycles. The van der Waals surface area contributed by atoms with E-state index in [1.54, 1.807) is 7.05 Å². The first kappa shape index (κ1) is 15.3. The summed E-state index contributed by atoms with van der Waals surface area (Å²) in [5.41, 5.74) is 0. The summed E-state index contributed by atoms with van der Waals surface area (Å²) < 4.78 is 0. The van der Waals surface area contributed by atoms with Crippen LogP contribution in [0.5, 0.6) is 0 Å². The smallest absolute Gasteiger partial charge is 0.226 e. The van der Waals surface area contributed by atoms with Gasteiger partial charge in [0.05, 0.1) is 5.92 Å². The number of nitrogens with one attached hydrogen (secondary N) is 1. The lowest BCUT2D eigenvalue weighted by molar-refractivity contribution is -0.138. The molecule has 2 saturated heterocycles.